The number of methoxy groups -OCH3 is 1. The maximum atomic E-state index is 5.35. The average Bonchev–Trinajstić information content (AvgIpc) is 2.96. The molecular weight excluding hydrogens is 240 g/mol. The normalized spacial score (nSPS) is 12.3. The van der Waals surface area contributed by atoms with Crippen LogP contribution in [0.1, 0.15) is 30.5 Å². The SMILES string of the molecule is CCCNC(Cc1ccoc1)c1cccnc1OC. The molecule has 1 unspecified atom stereocenters. The van der Waals surface area contributed by atoms with E-state index in [0.717, 1.165) is 24.9 Å². The lowest BCUT2D eigenvalue weighted by molar-refractivity contribution is 0.381. The summed E-state index contributed by atoms with van der Waals surface area (Å²) in [5.41, 5.74) is 2.25. The molecule has 2 aromatic rings. The number of pyridine rings is 1. The van der Waals surface area contributed by atoms with Gasteiger partial charge in [-0.25, -0.2) is 4.98 Å². The highest BCUT2D eigenvalue weighted by Gasteiger charge is 2.17. The lowest BCUT2D eigenvalue weighted by Crippen LogP contribution is -2.24. The number of nitrogens with zero attached hydrogens (tertiary/aromatic N) is 1. The van der Waals surface area contributed by atoms with Gasteiger partial charge < -0.3 is 14.5 Å². The van der Waals surface area contributed by atoms with E-state index >= 15 is 0 Å². The Hall–Kier alpha value is -1.81. The number of furan rings is 1. The molecule has 0 aliphatic carbocycles. The second-order valence-corrected chi connectivity index (χ2v) is 4.44. The van der Waals surface area contributed by atoms with Crippen LogP contribution >= 0.6 is 0 Å². The zero-order chi connectivity index (χ0) is 13.5. The van der Waals surface area contributed by atoms with E-state index in [4.69, 9.17) is 9.15 Å². The Balaban J connectivity index is 2.20. The maximum absolute atomic E-state index is 5.35. The predicted molar refractivity (Wildman–Crippen MR) is 74.2 cm³/mol. The van der Waals surface area contributed by atoms with Crippen LogP contribution < -0.4 is 10.1 Å². The second-order valence-electron chi connectivity index (χ2n) is 4.44. The number of hydrogen-bond donors (Lipinski definition) is 1. The summed E-state index contributed by atoms with van der Waals surface area (Å²) in [5, 5.41) is 3.54. The van der Waals surface area contributed by atoms with Crippen LogP contribution in [0.4, 0.5) is 0 Å². The molecular formula is C15H20N2O2. The third-order valence-electron chi connectivity index (χ3n) is 3.03. The summed E-state index contributed by atoms with van der Waals surface area (Å²) in [7, 11) is 1.65. The second kappa shape index (κ2) is 6.95. The van der Waals surface area contributed by atoms with E-state index in [2.05, 4.69) is 23.3 Å². The van der Waals surface area contributed by atoms with Crippen LogP contribution in [-0.2, 0) is 6.42 Å². The van der Waals surface area contributed by atoms with Crippen molar-refractivity contribution in [2.45, 2.75) is 25.8 Å². The number of aromatic nitrogens is 1. The minimum absolute atomic E-state index is 0.182. The van der Waals surface area contributed by atoms with Gasteiger partial charge in [0.1, 0.15) is 0 Å². The first-order valence-electron chi connectivity index (χ1n) is 6.58. The zero-order valence-corrected chi connectivity index (χ0v) is 11.4. The Morgan fingerprint density at radius 3 is 3.00 bits per heavy atom. The van der Waals surface area contributed by atoms with Gasteiger partial charge in [0, 0.05) is 17.8 Å². The molecule has 1 atom stereocenters. The summed E-state index contributed by atoms with van der Waals surface area (Å²) in [4.78, 5) is 4.27. The molecule has 0 spiro atoms. The van der Waals surface area contributed by atoms with Crippen molar-refractivity contribution in [1.82, 2.24) is 10.3 Å². The predicted octanol–water partition coefficient (Wildman–Crippen LogP) is 2.97. The molecule has 1 N–H and O–H groups in total. The zero-order valence-electron chi connectivity index (χ0n) is 11.4. The molecule has 2 rings (SSSR count). The van der Waals surface area contributed by atoms with Crippen molar-refractivity contribution in [1.29, 1.82) is 0 Å². The quantitative estimate of drug-likeness (QED) is 0.831. The molecule has 4 nitrogen and oxygen atoms in total. The minimum atomic E-state index is 0.182. The van der Waals surface area contributed by atoms with Crippen molar-refractivity contribution in [3.63, 3.8) is 0 Å². The van der Waals surface area contributed by atoms with Gasteiger partial charge in [-0.15, -0.1) is 0 Å². The molecule has 0 fully saturated rings. The Labute approximate surface area is 113 Å². The summed E-state index contributed by atoms with van der Waals surface area (Å²) < 4.78 is 10.5. The highest BCUT2D eigenvalue weighted by molar-refractivity contribution is 5.30. The third-order valence-corrected chi connectivity index (χ3v) is 3.03. The third kappa shape index (κ3) is 3.58. The van der Waals surface area contributed by atoms with Crippen LogP contribution in [0.15, 0.2) is 41.3 Å². The molecule has 2 aromatic heterocycles. The van der Waals surface area contributed by atoms with E-state index < -0.39 is 0 Å². The number of rotatable bonds is 7. The summed E-state index contributed by atoms with van der Waals surface area (Å²) in [6.07, 6.45) is 7.18. The number of hydrogen-bond acceptors (Lipinski definition) is 4. The smallest absolute Gasteiger partial charge is 0.217 e. The van der Waals surface area contributed by atoms with Crippen LogP contribution in [0.3, 0.4) is 0 Å². The standard InChI is InChI=1S/C15H20N2O2/c1-3-7-16-14(10-12-6-9-19-11-12)13-5-4-8-17-15(13)18-2/h4-6,8-9,11,14,16H,3,7,10H2,1-2H3. The van der Waals surface area contributed by atoms with Gasteiger partial charge in [0.25, 0.3) is 0 Å². The van der Waals surface area contributed by atoms with E-state index in [0.29, 0.717) is 5.88 Å². The Bertz CT molecular complexity index is 483. The molecule has 0 aliphatic heterocycles. The van der Waals surface area contributed by atoms with Crippen molar-refractivity contribution in [3.8, 4) is 5.88 Å². The van der Waals surface area contributed by atoms with Crippen LogP contribution in [0.2, 0.25) is 0 Å². The van der Waals surface area contributed by atoms with Crippen molar-refractivity contribution in [3.05, 3.63) is 48.0 Å². The highest BCUT2D eigenvalue weighted by Crippen LogP contribution is 2.25. The Morgan fingerprint density at radius 1 is 1.42 bits per heavy atom. The summed E-state index contributed by atoms with van der Waals surface area (Å²) in [6, 6.07) is 6.16. The Kier molecular flexibility index (Phi) is 4.98. The minimum Gasteiger partial charge on any atom is -0.481 e. The molecule has 4 heteroatoms. The van der Waals surface area contributed by atoms with E-state index in [1.807, 2.05) is 12.1 Å². The fourth-order valence-electron chi connectivity index (χ4n) is 2.09. The molecule has 0 bridgehead atoms. The van der Waals surface area contributed by atoms with Crippen molar-refractivity contribution >= 4 is 0 Å². The summed E-state index contributed by atoms with van der Waals surface area (Å²) in [5.74, 6) is 0.680. The molecule has 0 saturated carbocycles. The molecule has 0 radical (unpaired) electrons. The van der Waals surface area contributed by atoms with Gasteiger partial charge >= 0.3 is 0 Å². The van der Waals surface area contributed by atoms with Crippen molar-refractivity contribution in [2.75, 3.05) is 13.7 Å². The van der Waals surface area contributed by atoms with Crippen molar-refractivity contribution < 1.29 is 9.15 Å². The van der Waals surface area contributed by atoms with Gasteiger partial charge in [0.15, 0.2) is 0 Å². The van der Waals surface area contributed by atoms with Gasteiger partial charge in [-0.1, -0.05) is 13.0 Å². The number of nitrogens with one attached hydrogen (secondary N) is 1. The summed E-state index contributed by atoms with van der Waals surface area (Å²) >= 11 is 0. The van der Waals surface area contributed by atoms with Crippen molar-refractivity contribution in [2.24, 2.45) is 0 Å². The fourth-order valence-corrected chi connectivity index (χ4v) is 2.09. The van der Waals surface area contributed by atoms with Crippen LogP contribution in [0, 0.1) is 0 Å². The molecule has 0 saturated heterocycles. The van der Waals surface area contributed by atoms with Crippen LogP contribution in [0.5, 0.6) is 5.88 Å². The Morgan fingerprint density at radius 2 is 2.32 bits per heavy atom. The molecule has 0 amide bonds. The van der Waals surface area contributed by atoms with E-state index in [1.165, 1.54) is 5.56 Å². The van der Waals surface area contributed by atoms with E-state index in [1.54, 1.807) is 25.8 Å². The molecule has 0 aromatic carbocycles. The van der Waals surface area contributed by atoms with Crippen LogP contribution in [-0.4, -0.2) is 18.6 Å². The van der Waals surface area contributed by atoms with Gasteiger partial charge in [0.05, 0.1) is 19.6 Å². The highest BCUT2D eigenvalue weighted by atomic mass is 16.5. The van der Waals surface area contributed by atoms with E-state index in [-0.39, 0.29) is 6.04 Å². The molecule has 2 heterocycles. The fraction of sp³-hybridized carbons (Fsp3) is 0.400. The number of ether oxygens (including phenoxy) is 1. The topological polar surface area (TPSA) is 47.3 Å². The first-order valence-corrected chi connectivity index (χ1v) is 6.58. The average molecular weight is 260 g/mol. The summed E-state index contributed by atoms with van der Waals surface area (Å²) in [6.45, 7) is 3.11. The lowest BCUT2D eigenvalue weighted by Gasteiger charge is -2.19. The van der Waals surface area contributed by atoms with E-state index in [9.17, 15) is 0 Å². The van der Waals surface area contributed by atoms with Crippen LogP contribution in [0.25, 0.3) is 0 Å². The molecule has 0 aliphatic rings. The van der Waals surface area contributed by atoms with Gasteiger partial charge in [-0.05, 0) is 37.1 Å². The van der Waals surface area contributed by atoms with Gasteiger partial charge in [-0.3, -0.25) is 0 Å². The largest absolute Gasteiger partial charge is 0.481 e. The molecule has 102 valence electrons. The van der Waals surface area contributed by atoms with Gasteiger partial charge in [0.2, 0.25) is 5.88 Å². The van der Waals surface area contributed by atoms with Gasteiger partial charge in [-0.2, -0.15) is 0 Å². The lowest BCUT2D eigenvalue weighted by atomic mass is 10.0. The monoisotopic (exact) mass is 260 g/mol. The first kappa shape index (κ1) is 13.6. The first-order chi connectivity index (χ1) is 9.35. The maximum Gasteiger partial charge on any atom is 0.217 e. The molecule has 19 heavy (non-hydrogen) atoms.